The summed E-state index contributed by atoms with van der Waals surface area (Å²) < 4.78 is 32.9. The van der Waals surface area contributed by atoms with Crippen molar-refractivity contribution in [2.24, 2.45) is 5.41 Å². The molecule has 2 fully saturated rings. The number of hydrogen-bond donors (Lipinski definition) is 1. The average Bonchev–Trinajstić information content (AvgIpc) is 3.17. The molecule has 2 aromatic rings. The summed E-state index contributed by atoms with van der Waals surface area (Å²) in [5.74, 6) is 0.396. The van der Waals surface area contributed by atoms with Crippen LogP contribution in [0.2, 0.25) is 0 Å². The van der Waals surface area contributed by atoms with Gasteiger partial charge in [0, 0.05) is 49.3 Å². The van der Waals surface area contributed by atoms with Crippen LogP contribution in [0.1, 0.15) is 57.6 Å². The van der Waals surface area contributed by atoms with Gasteiger partial charge >= 0.3 is 0 Å². The SMILES string of the molecule is COC/C=C/S(=O)(=O)N1CCC(Nc2ncc3cc(C#N)c(=O)n([C@@H]4CCCC4(C)C)c3n2)CC1. The molecule has 1 aliphatic carbocycles. The van der Waals surface area contributed by atoms with Crippen LogP contribution in [-0.2, 0) is 14.8 Å². The molecule has 188 valence electrons. The molecule has 0 amide bonds. The van der Waals surface area contributed by atoms with Gasteiger partial charge in [0.15, 0.2) is 0 Å². The molecular formula is C24H32N6O4S. The molecule has 1 aliphatic heterocycles. The third-order valence-corrected chi connectivity index (χ3v) is 8.71. The molecule has 0 spiro atoms. The van der Waals surface area contributed by atoms with Gasteiger partial charge in [0.25, 0.3) is 5.56 Å². The number of fused-ring (bicyclic) bond motifs is 1. The lowest BCUT2D eigenvalue weighted by Gasteiger charge is -2.31. The zero-order chi connectivity index (χ0) is 25.2. The molecule has 2 aliphatic rings. The van der Waals surface area contributed by atoms with E-state index in [0.717, 1.165) is 19.3 Å². The Hall–Kier alpha value is -2.81. The summed E-state index contributed by atoms with van der Waals surface area (Å²) in [5, 5.41) is 14.7. The lowest BCUT2D eigenvalue weighted by Crippen LogP contribution is -2.41. The summed E-state index contributed by atoms with van der Waals surface area (Å²) >= 11 is 0. The topological polar surface area (TPSA) is 130 Å². The highest BCUT2D eigenvalue weighted by Gasteiger charge is 2.37. The van der Waals surface area contributed by atoms with Gasteiger partial charge in [-0.3, -0.25) is 9.36 Å². The minimum absolute atomic E-state index is 0.00308. The summed E-state index contributed by atoms with van der Waals surface area (Å²) in [5.41, 5.74) is 0.219. The lowest BCUT2D eigenvalue weighted by molar-refractivity contribution is 0.234. The first-order valence-corrected chi connectivity index (χ1v) is 13.4. The van der Waals surface area contributed by atoms with Crippen molar-refractivity contribution in [1.82, 2.24) is 18.8 Å². The van der Waals surface area contributed by atoms with Gasteiger partial charge in [-0.1, -0.05) is 20.3 Å². The van der Waals surface area contributed by atoms with Crippen molar-refractivity contribution in [3.05, 3.63) is 39.7 Å². The van der Waals surface area contributed by atoms with Crippen LogP contribution >= 0.6 is 0 Å². The van der Waals surface area contributed by atoms with Gasteiger partial charge in [0.2, 0.25) is 16.0 Å². The predicted octanol–water partition coefficient (Wildman–Crippen LogP) is 2.78. The minimum Gasteiger partial charge on any atom is -0.381 e. The van der Waals surface area contributed by atoms with Crippen LogP contribution in [0.25, 0.3) is 11.0 Å². The molecule has 3 heterocycles. The summed E-state index contributed by atoms with van der Waals surface area (Å²) in [7, 11) is -1.96. The molecule has 1 N–H and O–H groups in total. The molecule has 1 atom stereocenters. The number of ether oxygens (including phenoxy) is 1. The van der Waals surface area contributed by atoms with Crippen molar-refractivity contribution in [2.75, 3.05) is 32.1 Å². The molecule has 0 aromatic carbocycles. The van der Waals surface area contributed by atoms with Gasteiger partial charge < -0.3 is 10.1 Å². The number of hydrogen-bond acceptors (Lipinski definition) is 8. The van der Waals surface area contributed by atoms with Gasteiger partial charge in [-0.15, -0.1) is 0 Å². The van der Waals surface area contributed by atoms with E-state index in [1.165, 1.54) is 22.9 Å². The van der Waals surface area contributed by atoms with Gasteiger partial charge in [-0.05, 0) is 43.2 Å². The molecule has 4 rings (SSSR count). The van der Waals surface area contributed by atoms with Crippen molar-refractivity contribution < 1.29 is 13.2 Å². The summed E-state index contributed by atoms with van der Waals surface area (Å²) in [6.07, 6.45) is 7.22. The molecule has 0 unspecified atom stereocenters. The van der Waals surface area contributed by atoms with Crippen LogP contribution in [0.5, 0.6) is 0 Å². The average molecular weight is 501 g/mol. The maximum absolute atomic E-state index is 13.2. The van der Waals surface area contributed by atoms with E-state index in [0.29, 0.717) is 42.9 Å². The molecular weight excluding hydrogens is 468 g/mol. The van der Waals surface area contributed by atoms with Crippen LogP contribution < -0.4 is 10.9 Å². The highest BCUT2D eigenvalue weighted by Crippen LogP contribution is 2.46. The summed E-state index contributed by atoms with van der Waals surface area (Å²) in [4.78, 5) is 22.3. The number of methoxy groups -OCH3 is 1. The van der Waals surface area contributed by atoms with E-state index in [1.807, 2.05) is 6.07 Å². The Labute approximate surface area is 205 Å². The Balaban J connectivity index is 1.57. The van der Waals surface area contributed by atoms with Crippen LogP contribution in [-0.4, -0.2) is 60.1 Å². The Bertz CT molecular complexity index is 1320. The number of nitrogens with one attached hydrogen (secondary N) is 1. The second-order valence-corrected chi connectivity index (χ2v) is 11.7. The Morgan fingerprint density at radius 3 is 2.69 bits per heavy atom. The quantitative estimate of drug-likeness (QED) is 0.614. The number of pyridine rings is 1. The van der Waals surface area contributed by atoms with E-state index in [9.17, 15) is 18.5 Å². The number of nitrogens with zero attached hydrogens (tertiary/aromatic N) is 5. The Morgan fingerprint density at radius 1 is 1.31 bits per heavy atom. The number of aromatic nitrogens is 3. The molecule has 0 radical (unpaired) electrons. The normalized spacial score (nSPS) is 21.5. The summed E-state index contributed by atoms with van der Waals surface area (Å²) in [6, 6.07) is 3.53. The maximum atomic E-state index is 13.2. The standard InChI is InChI=1S/C24H32N6O4S/c1-24(2)9-4-6-20(24)30-21-18(14-17(15-25)22(30)31)16-26-23(28-21)27-19-7-10-29(11-8-19)35(32,33)13-5-12-34-3/h5,13-14,16,19-20H,4,6-12H2,1-3H3,(H,26,27,28)/b13-5+/t20-/m1/s1. The fraction of sp³-hybridized carbons (Fsp3) is 0.583. The highest BCUT2D eigenvalue weighted by atomic mass is 32.2. The van der Waals surface area contributed by atoms with Gasteiger partial charge in [-0.25, -0.2) is 13.4 Å². The first kappa shape index (κ1) is 25.3. The fourth-order valence-electron chi connectivity index (χ4n) is 5.13. The zero-order valence-electron chi connectivity index (χ0n) is 20.4. The number of anilines is 1. The maximum Gasteiger partial charge on any atom is 0.270 e. The van der Waals surface area contributed by atoms with Crippen molar-refractivity contribution in [1.29, 1.82) is 5.26 Å². The second-order valence-electron chi connectivity index (χ2n) is 9.90. The largest absolute Gasteiger partial charge is 0.381 e. The van der Waals surface area contributed by atoms with Gasteiger partial charge in [-0.2, -0.15) is 14.6 Å². The molecule has 1 saturated heterocycles. The number of rotatable bonds is 7. The number of sulfonamides is 1. The Kier molecular flexibility index (Phi) is 7.26. The van der Waals surface area contributed by atoms with E-state index < -0.39 is 10.0 Å². The molecule has 2 aromatic heterocycles. The van der Waals surface area contributed by atoms with E-state index >= 15 is 0 Å². The van der Waals surface area contributed by atoms with E-state index in [-0.39, 0.29) is 35.2 Å². The Morgan fingerprint density at radius 2 is 2.06 bits per heavy atom. The third-order valence-electron chi connectivity index (χ3n) is 7.08. The van der Waals surface area contributed by atoms with Crippen molar-refractivity contribution in [2.45, 2.75) is 58.0 Å². The first-order valence-electron chi connectivity index (χ1n) is 11.9. The second kappa shape index (κ2) is 10.0. The van der Waals surface area contributed by atoms with Crippen LogP contribution in [0.3, 0.4) is 0 Å². The van der Waals surface area contributed by atoms with E-state index in [1.54, 1.807) is 16.8 Å². The van der Waals surface area contributed by atoms with E-state index in [2.05, 4.69) is 24.1 Å². The molecule has 10 nitrogen and oxygen atoms in total. The van der Waals surface area contributed by atoms with Crippen molar-refractivity contribution in [3.63, 3.8) is 0 Å². The van der Waals surface area contributed by atoms with Crippen LogP contribution in [0.4, 0.5) is 5.95 Å². The van der Waals surface area contributed by atoms with E-state index in [4.69, 9.17) is 9.72 Å². The van der Waals surface area contributed by atoms with Crippen LogP contribution in [0, 0.1) is 16.7 Å². The number of nitriles is 1. The zero-order valence-corrected chi connectivity index (χ0v) is 21.2. The minimum atomic E-state index is -3.47. The summed E-state index contributed by atoms with van der Waals surface area (Å²) in [6.45, 7) is 5.31. The molecule has 11 heteroatoms. The fourth-order valence-corrected chi connectivity index (χ4v) is 6.34. The van der Waals surface area contributed by atoms with Crippen LogP contribution in [0.15, 0.2) is 28.5 Å². The van der Waals surface area contributed by atoms with Crippen molar-refractivity contribution >= 4 is 27.0 Å². The predicted molar refractivity (Wildman–Crippen MR) is 133 cm³/mol. The molecule has 0 bridgehead atoms. The van der Waals surface area contributed by atoms with Gasteiger partial charge in [0.1, 0.15) is 17.3 Å². The smallest absolute Gasteiger partial charge is 0.270 e. The molecule has 35 heavy (non-hydrogen) atoms. The highest BCUT2D eigenvalue weighted by molar-refractivity contribution is 7.92. The molecule has 1 saturated carbocycles. The third kappa shape index (κ3) is 5.24. The van der Waals surface area contributed by atoms with Gasteiger partial charge in [0.05, 0.1) is 6.61 Å². The monoisotopic (exact) mass is 500 g/mol. The number of piperidine rings is 1. The first-order chi connectivity index (χ1) is 16.7. The lowest BCUT2D eigenvalue weighted by atomic mass is 9.87. The van der Waals surface area contributed by atoms with Crippen molar-refractivity contribution in [3.8, 4) is 6.07 Å².